The molecule has 2 amide bonds. The third kappa shape index (κ3) is 1.63. The van der Waals surface area contributed by atoms with Gasteiger partial charge in [0.15, 0.2) is 0 Å². The molecule has 8 atom stereocenters. The van der Waals surface area contributed by atoms with Crippen LogP contribution in [0.25, 0.3) is 0 Å². The zero-order valence-electron chi connectivity index (χ0n) is 14.9. The van der Waals surface area contributed by atoms with Crippen LogP contribution in [-0.2, 0) is 0 Å². The van der Waals surface area contributed by atoms with Gasteiger partial charge in [-0.15, -0.1) is 0 Å². The van der Waals surface area contributed by atoms with Crippen molar-refractivity contribution in [3.63, 3.8) is 0 Å². The van der Waals surface area contributed by atoms with E-state index in [1.807, 2.05) is 0 Å². The van der Waals surface area contributed by atoms with Crippen LogP contribution in [0.5, 0.6) is 0 Å². The van der Waals surface area contributed by atoms with Crippen molar-refractivity contribution in [1.29, 1.82) is 0 Å². The van der Waals surface area contributed by atoms with E-state index in [-0.39, 0.29) is 17.1 Å². The van der Waals surface area contributed by atoms with E-state index in [9.17, 15) is 4.79 Å². The molecule has 0 aromatic heterocycles. The van der Waals surface area contributed by atoms with E-state index in [2.05, 4.69) is 10.6 Å². The van der Waals surface area contributed by atoms with Crippen LogP contribution in [0.3, 0.4) is 0 Å². The lowest BCUT2D eigenvalue weighted by Crippen LogP contribution is -2.63. The molecule has 24 heavy (non-hydrogen) atoms. The molecule has 0 radical (unpaired) electrons. The number of urea groups is 1. The van der Waals surface area contributed by atoms with Gasteiger partial charge in [-0.1, -0.05) is 12.8 Å². The van der Waals surface area contributed by atoms with Crippen LogP contribution in [-0.4, -0.2) is 17.1 Å². The summed E-state index contributed by atoms with van der Waals surface area (Å²) in [7, 11) is 0. The summed E-state index contributed by atoms with van der Waals surface area (Å²) in [5, 5.41) is 7.26. The second-order valence-corrected chi connectivity index (χ2v) is 10.2. The standard InChI is InChI=1S/C21H32N2O/c24-19(22-20-9-1-3-17(20)13-5-7-15(20)11-13)23-21-10-2-4-18(21)14-6-8-16(21)12-14/h13-18H,1-12H2,(H2,22,23,24)/t13-,14-,15+,16+,17-,18+,20+,21+/m0/s1. The fraction of sp³-hybridized carbons (Fsp3) is 0.952. The predicted molar refractivity (Wildman–Crippen MR) is 93.5 cm³/mol. The van der Waals surface area contributed by atoms with Crippen molar-refractivity contribution in [3.05, 3.63) is 0 Å². The van der Waals surface area contributed by atoms with Crippen LogP contribution in [0, 0.1) is 35.5 Å². The average Bonchev–Trinajstić information content (AvgIpc) is 3.34. The van der Waals surface area contributed by atoms with Crippen LogP contribution < -0.4 is 10.6 Å². The van der Waals surface area contributed by atoms with E-state index in [1.165, 1.54) is 77.0 Å². The second-order valence-electron chi connectivity index (χ2n) is 10.2. The number of carbonyl (C=O) groups is 1. The molecule has 0 aromatic rings. The Hall–Kier alpha value is -0.730. The van der Waals surface area contributed by atoms with Gasteiger partial charge in [0, 0.05) is 11.1 Å². The molecule has 3 nitrogen and oxygen atoms in total. The Morgan fingerprint density at radius 2 is 1.21 bits per heavy atom. The van der Waals surface area contributed by atoms with Gasteiger partial charge in [0.2, 0.25) is 0 Å². The summed E-state index contributed by atoms with van der Waals surface area (Å²) < 4.78 is 0. The third-order valence-corrected chi connectivity index (χ3v) is 9.77. The Morgan fingerprint density at radius 1 is 0.708 bits per heavy atom. The van der Waals surface area contributed by atoms with Crippen molar-refractivity contribution in [3.8, 4) is 0 Å². The van der Waals surface area contributed by atoms with Crippen LogP contribution in [0.1, 0.15) is 77.0 Å². The van der Waals surface area contributed by atoms with Gasteiger partial charge >= 0.3 is 6.03 Å². The van der Waals surface area contributed by atoms with Gasteiger partial charge in [-0.25, -0.2) is 4.79 Å². The van der Waals surface area contributed by atoms with Gasteiger partial charge in [0.05, 0.1) is 0 Å². The molecule has 6 aliphatic carbocycles. The summed E-state index contributed by atoms with van der Waals surface area (Å²) in [6.07, 6.45) is 16.2. The second kappa shape index (κ2) is 4.71. The van der Waals surface area contributed by atoms with Crippen molar-refractivity contribution in [2.75, 3.05) is 0 Å². The molecule has 0 saturated heterocycles. The maximum absolute atomic E-state index is 13.2. The first-order valence-electron chi connectivity index (χ1n) is 10.8. The summed E-state index contributed by atoms with van der Waals surface area (Å²) >= 11 is 0. The summed E-state index contributed by atoms with van der Waals surface area (Å²) in [5.74, 6) is 4.96. The SMILES string of the molecule is O=C(N[C@@]12CCC[C@@H]1[C@H]1CC[C@@H]2C1)N[C@@]12CCC[C@H]1[C@H]1CC[C@@H]2C1. The fourth-order valence-corrected chi connectivity index (χ4v) is 9.11. The number of fused-ring (bicyclic) bond motifs is 10. The molecular formula is C21H32N2O. The van der Waals surface area contributed by atoms with Crippen LogP contribution in [0.4, 0.5) is 4.79 Å². The van der Waals surface area contributed by atoms with Crippen LogP contribution >= 0.6 is 0 Å². The van der Waals surface area contributed by atoms with E-state index in [4.69, 9.17) is 0 Å². The smallest absolute Gasteiger partial charge is 0.315 e. The third-order valence-electron chi connectivity index (χ3n) is 9.77. The Bertz CT molecular complexity index is 528. The normalized spacial score (nSPS) is 56.5. The molecule has 0 aliphatic heterocycles. The highest BCUT2D eigenvalue weighted by Crippen LogP contribution is 2.62. The van der Waals surface area contributed by atoms with Gasteiger partial charge in [-0.2, -0.15) is 0 Å². The van der Waals surface area contributed by atoms with E-state index in [0.717, 1.165) is 35.5 Å². The molecule has 0 unspecified atom stereocenters. The Kier molecular flexibility index (Phi) is 2.83. The molecule has 2 N–H and O–H groups in total. The van der Waals surface area contributed by atoms with Crippen molar-refractivity contribution >= 4 is 6.03 Å². The van der Waals surface area contributed by atoms with Crippen molar-refractivity contribution < 1.29 is 4.79 Å². The average molecular weight is 329 g/mol. The summed E-state index contributed by atoms with van der Waals surface area (Å²) in [6, 6.07) is 0.203. The number of amides is 2. The largest absolute Gasteiger partial charge is 0.332 e. The number of hydrogen-bond acceptors (Lipinski definition) is 1. The minimum absolute atomic E-state index is 0.176. The maximum Gasteiger partial charge on any atom is 0.315 e. The first kappa shape index (κ1) is 14.4. The molecule has 132 valence electrons. The summed E-state index contributed by atoms with van der Waals surface area (Å²) in [5.41, 5.74) is 0.352. The van der Waals surface area contributed by atoms with E-state index in [1.54, 1.807) is 0 Å². The minimum Gasteiger partial charge on any atom is -0.332 e. The molecule has 3 heteroatoms. The lowest BCUT2D eigenvalue weighted by atomic mass is 9.74. The number of carbonyl (C=O) groups excluding carboxylic acids is 1. The zero-order valence-corrected chi connectivity index (χ0v) is 14.9. The van der Waals surface area contributed by atoms with E-state index in [0.29, 0.717) is 0 Å². The van der Waals surface area contributed by atoms with Crippen LogP contribution in [0.2, 0.25) is 0 Å². The van der Waals surface area contributed by atoms with Gasteiger partial charge in [0.25, 0.3) is 0 Å². The summed E-state index contributed by atoms with van der Waals surface area (Å²) in [4.78, 5) is 13.2. The Balaban J connectivity index is 1.23. The molecule has 6 saturated carbocycles. The van der Waals surface area contributed by atoms with Crippen molar-refractivity contribution in [2.45, 2.75) is 88.1 Å². The van der Waals surface area contributed by atoms with Crippen molar-refractivity contribution in [2.24, 2.45) is 35.5 Å². The number of hydrogen-bond donors (Lipinski definition) is 2. The monoisotopic (exact) mass is 328 g/mol. The zero-order chi connectivity index (χ0) is 15.9. The van der Waals surface area contributed by atoms with Gasteiger partial charge in [0.1, 0.15) is 0 Å². The van der Waals surface area contributed by atoms with Crippen LogP contribution in [0.15, 0.2) is 0 Å². The Labute approximate surface area is 145 Å². The van der Waals surface area contributed by atoms with Gasteiger partial charge < -0.3 is 10.6 Å². The summed E-state index contributed by atoms with van der Waals surface area (Å²) in [6.45, 7) is 0. The van der Waals surface area contributed by atoms with Crippen molar-refractivity contribution in [1.82, 2.24) is 10.6 Å². The molecule has 6 fully saturated rings. The van der Waals surface area contributed by atoms with E-state index < -0.39 is 0 Å². The quantitative estimate of drug-likeness (QED) is 0.783. The highest BCUT2D eigenvalue weighted by molar-refractivity contribution is 5.76. The minimum atomic E-state index is 0.176. The number of nitrogens with one attached hydrogen (secondary N) is 2. The fourth-order valence-electron chi connectivity index (χ4n) is 9.11. The molecular weight excluding hydrogens is 296 g/mol. The molecule has 0 heterocycles. The number of rotatable bonds is 2. The lowest BCUT2D eigenvalue weighted by Gasteiger charge is -2.44. The van der Waals surface area contributed by atoms with Gasteiger partial charge in [-0.3, -0.25) is 0 Å². The Morgan fingerprint density at radius 3 is 1.71 bits per heavy atom. The molecule has 0 spiro atoms. The first-order chi connectivity index (χ1) is 11.7. The highest BCUT2D eigenvalue weighted by Gasteiger charge is 2.63. The topological polar surface area (TPSA) is 41.1 Å². The lowest BCUT2D eigenvalue weighted by molar-refractivity contribution is 0.131. The van der Waals surface area contributed by atoms with Gasteiger partial charge in [-0.05, 0) is 99.7 Å². The highest BCUT2D eigenvalue weighted by atomic mass is 16.2. The molecule has 0 aromatic carbocycles. The molecule has 4 bridgehead atoms. The maximum atomic E-state index is 13.2. The van der Waals surface area contributed by atoms with E-state index >= 15 is 0 Å². The first-order valence-corrected chi connectivity index (χ1v) is 10.8. The molecule has 6 rings (SSSR count). The molecule has 6 aliphatic rings. The predicted octanol–water partition coefficient (Wildman–Crippen LogP) is 4.22.